The molecule has 1 aliphatic heterocycles. The van der Waals surface area contributed by atoms with Gasteiger partial charge in [0.25, 0.3) is 0 Å². The Morgan fingerprint density at radius 3 is 2.70 bits per heavy atom. The van der Waals surface area contributed by atoms with Crippen molar-refractivity contribution in [2.24, 2.45) is 12.5 Å². The fourth-order valence-corrected chi connectivity index (χ4v) is 6.71. The van der Waals surface area contributed by atoms with Gasteiger partial charge in [0.2, 0.25) is 0 Å². The van der Waals surface area contributed by atoms with E-state index >= 15 is 0 Å². The molecule has 4 aromatic rings. The second kappa shape index (κ2) is 9.67. The second-order valence-corrected chi connectivity index (χ2v) is 11.1. The molecule has 1 fully saturated rings. The van der Waals surface area contributed by atoms with E-state index in [1.54, 1.807) is 0 Å². The Kier molecular flexibility index (Phi) is 6.35. The van der Waals surface area contributed by atoms with Crippen LogP contribution in [0.5, 0.6) is 0 Å². The fourth-order valence-electron chi connectivity index (χ4n) is 6.38. The standard InChI is InChI=1S/C30H32ClN5O/c1-32-17-30(12-13-37)18-36(19-30)16-21-15-35(2)29-28(21)33-14-26(34-29)25-11-5-10-24(27(25)31)23-9-4-7-20-6-3-8-22(20)23/h4-5,7,9-11,13-15,32H,3,6,8,12,16-19H2,1-2H3. The van der Waals surface area contributed by atoms with Gasteiger partial charge in [-0.3, -0.25) is 9.88 Å². The number of aldehydes is 1. The van der Waals surface area contributed by atoms with Crippen molar-refractivity contribution in [3.05, 3.63) is 70.5 Å². The number of hydrogen-bond donors (Lipinski definition) is 1. The van der Waals surface area contributed by atoms with E-state index in [0.717, 1.165) is 83.9 Å². The number of nitrogens with one attached hydrogen (secondary N) is 1. The number of hydrogen-bond acceptors (Lipinski definition) is 5. The number of nitrogens with zero attached hydrogens (tertiary/aromatic N) is 4. The Hall–Kier alpha value is -3.06. The molecule has 0 unspecified atom stereocenters. The van der Waals surface area contributed by atoms with Gasteiger partial charge in [-0.05, 0) is 43.0 Å². The van der Waals surface area contributed by atoms with Gasteiger partial charge in [0.1, 0.15) is 11.8 Å². The molecule has 0 radical (unpaired) electrons. The molecule has 190 valence electrons. The minimum Gasteiger partial charge on any atom is -0.334 e. The predicted octanol–water partition coefficient (Wildman–Crippen LogP) is 5.05. The second-order valence-electron chi connectivity index (χ2n) is 10.7. The zero-order chi connectivity index (χ0) is 25.6. The molecule has 1 saturated heterocycles. The number of likely N-dealkylation sites (tertiary alicyclic amines) is 1. The molecule has 0 amide bonds. The van der Waals surface area contributed by atoms with Gasteiger partial charge in [0.05, 0.1) is 16.9 Å². The topological polar surface area (TPSA) is 63.1 Å². The first-order valence-electron chi connectivity index (χ1n) is 13.0. The van der Waals surface area contributed by atoms with E-state index in [9.17, 15) is 4.79 Å². The van der Waals surface area contributed by atoms with Gasteiger partial charge < -0.3 is 14.7 Å². The summed E-state index contributed by atoms with van der Waals surface area (Å²) < 4.78 is 2.05. The zero-order valence-electron chi connectivity index (χ0n) is 21.4. The van der Waals surface area contributed by atoms with Crippen LogP contribution >= 0.6 is 11.6 Å². The lowest BCUT2D eigenvalue weighted by Gasteiger charge is -2.49. The monoisotopic (exact) mass is 513 g/mol. The van der Waals surface area contributed by atoms with Crippen LogP contribution in [0.4, 0.5) is 0 Å². The predicted molar refractivity (Wildman–Crippen MR) is 149 cm³/mol. The summed E-state index contributed by atoms with van der Waals surface area (Å²) in [5.41, 5.74) is 9.80. The Bertz CT molecular complexity index is 1490. The minimum absolute atomic E-state index is 0.0422. The summed E-state index contributed by atoms with van der Waals surface area (Å²) in [7, 11) is 3.96. The number of carbonyl (C=O) groups is 1. The van der Waals surface area contributed by atoms with Crippen molar-refractivity contribution in [2.45, 2.75) is 32.2 Å². The zero-order valence-corrected chi connectivity index (χ0v) is 22.2. The third kappa shape index (κ3) is 4.27. The molecular formula is C30H32ClN5O. The lowest BCUT2D eigenvalue weighted by molar-refractivity contribution is -0.113. The largest absolute Gasteiger partial charge is 0.334 e. The Morgan fingerprint density at radius 1 is 1.11 bits per heavy atom. The Morgan fingerprint density at radius 2 is 1.89 bits per heavy atom. The molecule has 6 nitrogen and oxygen atoms in total. The number of benzene rings is 2. The van der Waals surface area contributed by atoms with E-state index < -0.39 is 0 Å². The summed E-state index contributed by atoms with van der Waals surface area (Å²) in [6, 6.07) is 12.8. The lowest BCUT2D eigenvalue weighted by atomic mass is 9.77. The summed E-state index contributed by atoms with van der Waals surface area (Å²) in [5, 5.41) is 3.97. The highest BCUT2D eigenvalue weighted by Crippen LogP contribution is 2.40. The van der Waals surface area contributed by atoms with Gasteiger partial charge in [-0.25, -0.2) is 4.98 Å². The van der Waals surface area contributed by atoms with Crippen LogP contribution in [0.15, 0.2) is 48.8 Å². The molecule has 0 spiro atoms. The third-order valence-electron chi connectivity index (χ3n) is 8.03. The third-order valence-corrected chi connectivity index (χ3v) is 8.44. The summed E-state index contributed by atoms with van der Waals surface area (Å²) in [5.74, 6) is 0. The summed E-state index contributed by atoms with van der Waals surface area (Å²) in [6.45, 7) is 3.46. The molecule has 1 aliphatic carbocycles. The van der Waals surface area contributed by atoms with Crippen LogP contribution in [-0.4, -0.2) is 52.4 Å². The van der Waals surface area contributed by atoms with Gasteiger partial charge in [-0.2, -0.15) is 0 Å². The number of aromatic nitrogens is 3. The molecule has 7 heteroatoms. The number of halogens is 1. The summed E-state index contributed by atoms with van der Waals surface area (Å²) in [6.07, 6.45) is 9.05. The lowest BCUT2D eigenvalue weighted by Crippen LogP contribution is -2.59. The molecule has 0 atom stereocenters. The van der Waals surface area contributed by atoms with Crippen molar-refractivity contribution in [3.63, 3.8) is 0 Å². The minimum atomic E-state index is 0.0422. The number of aryl methyl sites for hydroxylation is 2. The summed E-state index contributed by atoms with van der Waals surface area (Å²) >= 11 is 7.04. The van der Waals surface area contributed by atoms with E-state index in [0.29, 0.717) is 6.42 Å². The van der Waals surface area contributed by atoms with Crippen LogP contribution in [0.1, 0.15) is 29.5 Å². The highest BCUT2D eigenvalue weighted by molar-refractivity contribution is 6.36. The quantitative estimate of drug-likeness (QED) is 0.334. The van der Waals surface area contributed by atoms with Gasteiger partial charge in [-0.15, -0.1) is 0 Å². The van der Waals surface area contributed by atoms with Crippen molar-refractivity contribution < 1.29 is 4.79 Å². The van der Waals surface area contributed by atoms with Crippen LogP contribution in [0.3, 0.4) is 0 Å². The summed E-state index contributed by atoms with van der Waals surface area (Å²) in [4.78, 5) is 23.4. The van der Waals surface area contributed by atoms with E-state index in [1.165, 1.54) is 23.1 Å². The molecular weight excluding hydrogens is 482 g/mol. The van der Waals surface area contributed by atoms with E-state index in [-0.39, 0.29) is 5.41 Å². The molecule has 37 heavy (non-hydrogen) atoms. The molecule has 6 rings (SSSR count). The highest BCUT2D eigenvalue weighted by Gasteiger charge is 2.42. The molecule has 2 aromatic carbocycles. The normalized spacial score (nSPS) is 16.6. The molecule has 1 N–H and O–H groups in total. The van der Waals surface area contributed by atoms with Crippen molar-refractivity contribution >= 4 is 29.1 Å². The maximum absolute atomic E-state index is 11.2. The van der Waals surface area contributed by atoms with E-state index in [1.807, 2.05) is 26.4 Å². The van der Waals surface area contributed by atoms with Crippen LogP contribution in [-0.2, 0) is 31.2 Å². The van der Waals surface area contributed by atoms with Crippen LogP contribution in [0, 0.1) is 5.41 Å². The van der Waals surface area contributed by atoms with Crippen LogP contribution in [0.2, 0.25) is 5.02 Å². The highest BCUT2D eigenvalue weighted by atomic mass is 35.5. The molecule has 3 heterocycles. The van der Waals surface area contributed by atoms with Crippen LogP contribution in [0.25, 0.3) is 33.5 Å². The first-order valence-corrected chi connectivity index (χ1v) is 13.4. The van der Waals surface area contributed by atoms with Gasteiger partial charge in [0, 0.05) is 67.9 Å². The van der Waals surface area contributed by atoms with Crippen molar-refractivity contribution in [3.8, 4) is 22.4 Å². The maximum atomic E-state index is 11.2. The van der Waals surface area contributed by atoms with Gasteiger partial charge >= 0.3 is 0 Å². The van der Waals surface area contributed by atoms with E-state index in [4.69, 9.17) is 21.6 Å². The average molecular weight is 514 g/mol. The average Bonchev–Trinajstić information content (AvgIpc) is 3.48. The van der Waals surface area contributed by atoms with Crippen LogP contribution < -0.4 is 5.32 Å². The van der Waals surface area contributed by atoms with Gasteiger partial charge in [0.15, 0.2) is 5.65 Å². The Labute approximate surface area is 222 Å². The SMILES string of the molecule is CNCC1(CC=O)CN(Cc2cn(C)c3nc(-c4cccc(-c5cccc6c5CCC6)c4Cl)cnc23)C1. The van der Waals surface area contributed by atoms with E-state index in [2.05, 4.69) is 51.3 Å². The van der Waals surface area contributed by atoms with Crippen molar-refractivity contribution in [2.75, 3.05) is 26.7 Å². The molecule has 2 aromatic heterocycles. The maximum Gasteiger partial charge on any atom is 0.159 e. The Balaban J connectivity index is 1.30. The first kappa shape index (κ1) is 24.3. The van der Waals surface area contributed by atoms with Gasteiger partial charge in [-0.1, -0.05) is 48.0 Å². The molecule has 0 saturated carbocycles. The molecule has 0 bridgehead atoms. The van der Waals surface area contributed by atoms with Crippen molar-refractivity contribution in [1.82, 2.24) is 24.8 Å². The molecule has 2 aliphatic rings. The number of rotatable bonds is 8. The smallest absolute Gasteiger partial charge is 0.159 e. The first-order chi connectivity index (χ1) is 18.0. The fraction of sp³-hybridized carbons (Fsp3) is 0.367. The number of fused-ring (bicyclic) bond motifs is 2. The van der Waals surface area contributed by atoms with Crippen molar-refractivity contribution in [1.29, 1.82) is 0 Å². The number of carbonyl (C=O) groups excluding carboxylic acids is 1.